The van der Waals surface area contributed by atoms with Gasteiger partial charge in [0, 0.05) is 24.2 Å². The van der Waals surface area contributed by atoms with Crippen molar-refractivity contribution in [3.8, 4) is 0 Å². The maximum atomic E-state index is 13.1. The van der Waals surface area contributed by atoms with E-state index in [4.69, 9.17) is 0 Å². The highest BCUT2D eigenvalue weighted by atomic mass is 16.4. The first kappa shape index (κ1) is 20.3. The molecule has 1 aliphatic heterocycles. The zero-order valence-electron chi connectivity index (χ0n) is 17.5. The Morgan fingerprint density at radius 2 is 2.03 bits per heavy atom. The average Bonchev–Trinajstić information content (AvgIpc) is 3.17. The molecule has 2 aromatic heterocycles. The van der Waals surface area contributed by atoms with Crippen molar-refractivity contribution >= 4 is 28.7 Å². The van der Waals surface area contributed by atoms with Gasteiger partial charge in [0.05, 0.1) is 11.7 Å². The van der Waals surface area contributed by atoms with E-state index in [0.29, 0.717) is 29.8 Å². The molecule has 0 aromatic carbocycles. The van der Waals surface area contributed by atoms with Crippen LogP contribution in [0.3, 0.4) is 0 Å². The fourth-order valence-corrected chi connectivity index (χ4v) is 4.24. The van der Waals surface area contributed by atoms with E-state index in [1.807, 2.05) is 0 Å². The van der Waals surface area contributed by atoms with Crippen molar-refractivity contribution in [3.05, 3.63) is 24.2 Å². The number of pyridine rings is 1. The Balaban J connectivity index is 1.49. The summed E-state index contributed by atoms with van der Waals surface area (Å²) in [4.78, 5) is 43.1. The minimum absolute atomic E-state index is 0.0924. The van der Waals surface area contributed by atoms with Gasteiger partial charge in [-0.2, -0.15) is 5.10 Å². The molecule has 2 N–H and O–H groups in total. The number of rotatable bonds is 6. The number of carbonyl (C=O) groups excluding carboxylic acids is 2. The first-order valence-electron chi connectivity index (χ1n) is 10.3. The quantitative estimate of drug-likeness (QED) is 0.744. The number of hydrogen-bond acceptors (Lipinski definition) is 5. The second-order valence-corrected chi connectivity index (χ2v) is 9.42. The van der Waals surface area contributed by atoms with Gasteiger partial charge in [-0.3, -0.25) is 19.3 Å². The number of piperidine rings is 1. The smallest absolute Gasteiger partial charge is 0.357 e. The van der Waals surface area contributed by atoms with Crippen LogP contribution in [0.1, 0.15) is 50.5 Å². The van der Waals surface area contributed by atoms with Gasteiger partial charge in [0.1, 0.15) is 12.6 Å². The molecule has 4 rings (SSSR count). The molecule has 1 saturated carbocycles. The minimum Gasteiger partial charge on any atom is -0.476 e. The van der Waals surface area contributed by atoms with Crippen LogP contribution in [-0.2, 0) is 16.1 Å². The Morgan fingerprint density at radius 1 is 1.27 bits per heavy atom. The van der Waals surface area contributed by atoms with Crippen LogP contribution >= 0.6 is 0 Å². The lowest BCUT2D eigenvalue weighted by molar-refractivity contribution is -0.140. The van der Waals surface area contributed by atoms with Crippen molar-refractivity contribution in [2.45, 2.75) is 58.7 Å². The lowest BCUT2D eigenvalue weighted by Crippen LogP contribution is -2.49. The monoisotopic (exact) mass is 413 g/mol. The standard InChI is InChI=1S/C21H27N5O4/c1-21(2,3)5-7-23-19(28)15-9-12-8-14(12)26(15)17(27)11-25-16-10-22-6-4-13(16)18(24-25)20(29)30/h4,6,10,12,14-15H,5,7-9,11H2,1-3H3,(H,23,28)(H,29,30)/t12-,14-,15+/m1/s1. The lowest BCUT2D eigenvalue weighted by atomic mass is 9.92. The van der Waals surface area contributed by atoms with Crippen LogP contribution in [0, 0.1) is 11.3 Å². The highest BCUT2D eigenvalue weighted by Gasteiger charge is 2.55. The van der Waals surface area contributed by atoms with Crippen molar-refractivity contribution in [3.63, 3.8) is 0 Å². The van der Waals surface area contributed by atoms with E-state index in [2.05, 4.69) is 36.2 Å². The predicted molar refractivity (Wildman–Crippen MR) is 109 cm³/mol. The molecule has 0 radical (unpaired) electrons. The Labute approximate surface area is 174 Å². The molecule has 3 heterocycles. The number of carboxylic acids is 1. The van der Waals surface area contributed by atoms with Crippen LogP contribution in [0.15, 0.2) is 18.5 Å². The highest BCUT2D eigenvalue weighted by molar-refractivity contribution is 6.01. The fraction of sp³-hybridized carbons (Fsp3) is 0.571. The van der Waals surface area contributed by atoms with Gasteiger partial charge in [-0.25, -0.2) is 4.79 Å². The molecule has 2 aliphatic rings. The molecule has 2 amide bonds. The van der Waals surface area contributed by atoms with Gasteiger partial charge < -0.3 is 15.3 Å². The molecule has 9 nitrogen and oxygen atoms in total. The SMILES string of the molecule is CC(C)(C)CCNC(=O)[C@@H]1C[C@H]2C[C@H]2N1C(=O)Cn1nc(C(=O)O)c2ccncc21. The molecule has 0 bridgehead atoms. The van der Waals surface area contributed by atoms with Gasteiger partial charge in [-0.05, 0) is 36.7 Å². The first-order valence-corrected chi connectivity index (χ1v) is 10.3. The highest BCUT2D eigenvalue weighted by Crippen LogP contribution is 2.48. The number of amides is 2. The molecule has 9 heteroatoms. The topological polar surface area (TPSA) is 117 Å². The van der Waals surface area contributed by atoms with Gasteiger partial charge in [0.2, 0.25) is 11.8 Å². The van der Waals surface area contributed by atoms with Crippen molar-refractivity contribution in [1.82, 2.24) is 25.0 Å². The molecular weight excluding hydrogens is 386 g/mol. The Bertz CT molecular complexity index is 1010. The van der Waals surface area contributed by atoms with E-state index in [1.54, 1.807) is 11.0 Å². The molecule has 3 atom stereocenters. The van der Waals surface area contributed by atoms with Crippen LogP contribution < -0.4 is 5.32 Å². The number of nitrogens with zero attached hydrogens (tertiary/aromatic N) is 4. The summed E-state index contributed by atoms with van der Waals surface area (Å²) in [5.74, 6) is -1.12. The lowest BCUT2D eigenvalue weighted by Gasteiger charge is -2.27. The zero-order valence-corrected chi connectivity index (χ0v) is 17.5. The number of aromatic nitrogens is 3. The molecular formula is C21H27N5O4. The number of hydrogen-bond donors (Lipinski definition) is 2. The summed E-state index contributed by atoms with van der Waals surface area (Å²) >= 11 is 0. The second kappa shape index (κ2) is 7.37. The van der Waals surface area contributed by atoms with Crippen molar-refractivity contribution in [2.75, 3.05) is 6.54 Å². The zero-order chi connectivity index (χ0) is 21.6. The van der Waals surface area contributed by atoms with Crippen LogP contribution in [-0.4, -0.2) is 61.2 Å². The first-order chi connectivity index (χ1) is 14.2. The summed E-state index contributed by atoms with van der Waals surface area (Å²) in [5, 5.41) is 16.9. The molecule has 0 spiro atoms. The molecule has 160 valence electrons. The largest absolute Gasteiger partial charge is 0.476 e. The van der Waals surface area contributed by atoms with E-state index in [9.17, 15) is 19.5 Å². The summed E-state index contributed by atoms with van der Waals surface area (Å²) in [6.07, 6.45) is 5.45. The number of likely N-dealkylation sites (tertiary alicyclic amines) is 1. The number of nitrogens with one attached hydrogen (secondary N) is 1. The molecule has 1 saturated heterocycles. The molecule has 30 heavy (non-hydrogen) atoms. The van der Waals surface area contributed by atoms with Crippen molar-refractivity contribution in [2.24, 2.45) is 11.3 Å². The average molecular weight is 413 g/mol. The molecule has 2 aromatic rings. The normalized spacial score (nSPS) is 22.8. The van der Waals surface area contributed by atoms with Crippen molar-refractivity contribution < 1.29 is 19.5 Å². The van der Waals surface area contributed by atoms with Crippen molar-refractivity contribution in [1.29, 1.82) is 0 Å². The van der Waals surface area contributed by atoms with E-state index in [-0.39, 0.29) is 35.5 Å². The number of fused-ring (bicyclic) bond motifs is 2. The molecule has 0 unspecified atom stereocenters. The third-order valence-corrected chi connectivity index (χ3v) is 5.91. The van der Waals surface area contributed by atoms with E-state index < -0.39 is 12.0 Å². The summed E-state index contributed by atoms with van der Waals surface area (Å²) in [7, 11) is 0. The Morgan fingerprint density at radius 3 is 2.73 bits per heavy atom. The van der Waals surface area contributed by atoms with E-state index >= 15 is 0 Å². The Hall–Kier alpha value is -2.97. The minimum atomic E-state index is -1.16. The third kappa shape index (κ3) is 3.88. The van der Waals surface area contributed by atoms with Crippen LogP contribution in [0.5, 0.6) is 0 Å². The van der Waals surface area contributed by atoms with Gasteiger partial charge >= 0.3 is 5.97 Å². The fourth-order valence-electron chi connectivity index (χ4n) is 4.24. The molecule has 2 fully saturated rings. The summed E-state index contributed by atoms with van der Waals surface area (Å²) in [6, 6.07) is 1.19. The maximum Gasteiger partial charge on any atom is 0.357 e. The van der Waals surface area contributed by atoms with Gasteiger partial charge in [-0.1, -0.05) is 20.8 Å². The number of carboxylic acid groups (broad SMARTS) is 1. The maximum absolute atomic E-state index is 13.1. The van der Waals surface area contributed by atoms with E-state index in [1.165, 1.54) is 17.1 Å². The predicted octanol–water partition coefficient (Wildman–Crippen LogP) is 1.67. The Kier molecular flexibility index (Phi) is 4.99. The van der Waals surface area contributed by atoms with Crippen LogP contribution in [0.2, 0.25) is 0 Å². The van der Waals surface area contributed by atoms with Crippen LogP contribution in [0.25, 0.3) is 10.9 Å². The number of aromatic carboxylic acids is 1. The van der Waals surface area contributed by atoms with Gasteiger partial charge in [0.25, 0.3) is 0 Å². The summed E-state index contributed by atoms with van der Waals surface area (Å²) in [6.45, 7) is 6.81. The van der Waals surface area contributed by atoms with Crippen LogP contribution in [0.4, 0.5) is 0 Å². The van der Waals surface area contributed by atoms with E-state index in [0.717, 1.165) is 12.8 Å². The number of carbonyl (C=O) groups is 3. The molecule has 1 aliphatic carbocycles. The summed E-state index contributed by atoms with van der Waals surface area (Å²) < 4.78 is 1.37. The summed E-state index contributed by atoms with van der Waals surface area (Å²) in [5.41, 5.74) is 0.501. The van der Waals surface area contributed by atoms with Gasteiger partial charge in [-0.15, -0.1) is 0 Å². The third-order valence-electron chi connectivity index (χ3n) is 5.91. The van der Waals surface area contributed by atoms with Gasteiger partial charge in [0.15, 0.2) is 5.69 Å². The second-order valence-electron chi connectivity index (χ2n) is 9.42.